The van der Waals surface area contributed by atoms with E-state index in [1.54, 1.807) is 12.1 Å². The molecule has 19 heavy (non-hydrogen) atoms. The van der Waals surface area contributed by atoms with Crippen molar-refractivity contribution < 1.29 is 13.9 Å². The molecule has 1 aromatic carbocycles. The molecule has 0 saturated heterocycles. The summed E-state index contributed by atoms with van der Waals surface area (Å²) in [6.45, 7) is 4.55. The van der Waals surface area contributed by atoms with Crippen molar-refractivity contribution >= 4 is 21.9 Å². The summed E-state index contributed by atoms with van der Waals surface area (Å²) in [4.78, 5) is 13.5. The monoisotopic (exact) mass is 331 g/mol. The lowest BCUT2D eigenvalue weighted by Crippen LogP contribution is -2.37. The maximum Gasteiger partial charge on any atom is 0.312 e. The van der Waals surface area contributed by atoms with Crippen LogP contribution in [0.25, 0.3) is 0 Å². The van der Waals surface area contributed by atoms with E-state index in [2.05, 4.69) is 15.9 Å². The number of carbonyl (C=O) groups is 1. The lowest BCUT2D eigenvalue weighted by Gasteiger charge is -2.28. The summed E-state index contributed by atoms with van der Waals surface area (Å²) < 4.78 is 19.2. The van der Waals surface area contributed by atoms with Crippen LogP contribution < -0.4 is 0 Å². The summed E-state index contributed by atoms with van der Waals surface area (Å²) in [6, 6.07) is 4.84. The summed E-state index contributed by atoms with van der Waals surface area (Å²) >= 11 is 3.32. The van der Waals surface area contributed by atoms with Crippen molar-refractivity contribution in [2.45, 2.75) is 20.4 Å². The Balaban J connectivity index is 2.72. The highest BCUT2D eigenvalue weighted by Crippen LogP contribution is 2.21. The number of methoxy groups -OCH3 is 1. The van der Waals surface area contributed by atoms with Gasteiger partial charge in [-0.25, -0.2) is 4.39 Å². The van der Waals surface area contributed by atoms with Gasteiger partial charge in [0.05, 0.1) is 12.5 Å². The Labute approximate surface area is 121 Å². The molecule has 0 radical (unpaired) electrons. The van der Waals surface area contributed by atoms with Crippen LogP contribution >= 0.6 is 15.9 Å². The highest BCUT2D eigenvalue weighted by atomic mass is 79.9. The van der Waals surface area contributed by atoms with Crippen LogP contribution in [0, 0.1) is 11.2 Å². The Kier molecular flexibility index (Phi) is 5.50. The number of ether oxygens (including phenoxy) is 1. The maximum atomic E-state index is 13.6. The summed E-state index contributed by atoms with van der Waals surface area (Å²) in [7, 11) is 3.23. The van der Waals surface area contributed by atoms with Crippen LogP contribution in [-0.2, 0) is 16.1 Å². The van der Waals surface area contributed by atoms with Crippen LogP contribution in [0.3, 0.4) is 0 Å². The normalized spacial score (nSPS) is 11.7. The first-order valence-corrected chi connectivity index (χ1v) is 6.76. The molecule has 0 bridgehead atoms. The zero-order valence-corrected chi connectivity index (χ0v) is 13.3. The smallest absolute Gasteiger partial charge is 0.312 e. The van der Waals surface area contributed by atoms with Crippen molar-refractivity contribution in [3.05, 3.63) is 34.1 Å². The number of hydrogen-bond acceptors (Lipinski definition) is 3. The molecule has 0 aromatic heterocycles. The predicted octanol–water partition coefficient (Wildman–Crippen LogP) is 3.22. The molecule has 106 valence electrons. The SMILES string of the molecule is COC(=O)C(C)(C)CN(C)Cc1cc(Br)ccc1F. The molecule has 0 atom stereocenters. The van der Waals surface area contributed by atoms with Gasteiger partial charge in [-0.3, -0.25) is 4.79 Å². The van der Waals surface area contributed by atoms with Crippen molar-refractivity contribution in [1.82, 2.24) is 4.90 Å². The second kappa shape index (κ2) is 6.48. The predicted molar refractivity (Wildman–Crippen MR) is 76.2 cm³/mol. The average Bonchev–Trinajstić information content (AvgIpc) is 2.32. The van der Waals surface area contributed by atoms with Crippen molar-refractivity contribution in [1.29, 1.82) is 0 Å². The third-order valence-electron chi connectivity index (χ3n) is 2.85. The van der Waals surface area contributed by atoms with Crippen molar-refractivity contribution in [2.24, 2.45) is 5.41 Å². The Bertz CT molecular complexity index is 463. The Morgan fingerprint density at radius 3 is 2.68 bits per heavy atom. The van der Waals surface area contributed by atoms with E-state index in [1.807, 2.05) is 25.8 Å². The molecule has 0 amide bonds. The topological polar surface area (TPSA) is 29.5 Å². The zero-order chi connectivity index (χ0) is 14.6. The molecule has 0 saturated carbocycles. The van der Waals surface area contributed by atoms with E-state index >= 15 is 0 Å². The van der Waals surface area contributed by atoms with Gasteiger partial charge in [-0.05, 0) is 39.1 Å². The van der Waals surface area contributed by atoms with E-state index in [-0.39, 0.29) is 11.8 Å². The molecular formula is C14H19BrFNO2. The fourth-order valence-corrected chi connectivity index (χ4v) is 2.44. The third-order valence-corrected chi connectivity index (χ3v) is 3.34. The van der Waals surface area contributed by atoms with Crippen LogP contribution in [-0.4, -0.2) is 31.6 Å². The minimum absolute atomic E-state index is 0.245. The molecule has 0 N–H and O–H groups in total. The first-order chi connectivity index (χ1) is 8.76. The molecule has 0 spiro atoms. The molecule has 0 heterocycles. The molecule has 0 unspecified atom stereocenters. The first kappa shape index (κ1) is 16.1. The van der Waals surface area contributed by atoms with Crippen molar-refractivity contribution in [2.75, 3.05) is 20.7 Å². The van der Waals surface area contributed by atoms with Gasteiger partial charge in [0.1, 0.15) is 5.82 Å². The molecule has 0 aliphatic rings. The fraction of sp³-hybridized carbons (Fsp3) is 0.500. The van der Waals surface area contributed by atoms with Gasteiger partial charge >= 0.3 is 5.97 Å². The minimum atomic E-state index is -0.619. The van der Waals surface area contributed by atoms with Crippen LogP contribution in [0.2, 0.25) is 0 Å². The van der Waals surface area contributed by atoms with E-state index in [1.165, 1.54) is 13.2 Å². The van der Waals surface area contributed by atoms with Crippen molar-refractivity contribution in [3.8, 4) is 0 Å². The van der Waals surface area contributed by atoms with Crippen LogP contribution in [0.5, 0.6) is 0 Å². The molecule has 3 nitrogen and oxygen atoms in total. The lowest BCUT2D eigenvalue weighted by atomic mass is 9.93. The fourth-order valence-electron chi connectivity index (χ4n) is 2.03. The third kappa shape index (κ3) is 4.58. The number of carbonyl (C=O) groups excluding carboxylic acids is 1. The molecule has 0 aliphatic heterocycles. The van der Waals surface area contributed by atoms with Gasteiger partial charge in [0.2, 0.25) is 0 Å². The maximum absolute atomic E-state index is 13.6. The van der Waals surface area contributed by atoms with Crippen molar-refractivity contribution in [3.63, 3.8) is 0 Å². The number of hydrogen-bond donors (Lipinski definition) is 0. The second-order valence-corrected chi connectivity index (χ2v) is 6.20. The first-order valence-electron chi connectivity index (χ1n) is 5.97. The molecule has 0 fully saturated rings. The summed E-state index contributed by atoms with van der Waals surface area (Å²) in [5.74, 6) is -0.514. The molecule has 1 rings (SSSR count). The van der Waals surface area contributed by atoms with E-state index < -0.39 is 5.41 Å². The number of nitrogens with zero attached hydrogens (tertiary/aromatic N) is 1. The Morgan fingerprint density at radius 1 is 1.47 bits per heavy atom. The largest absolute Gasteiger partial charge is 0.469 e. The number of esters is 1. The minimum Gasteiger partial charge on any atom is -0.469 e. The van der Waals surface area contributed by atoms with E-state index in [4.69, 9.17) is 4.74 Å². The van der Waals surface area contributed by atoms with E-state index in [9.17, 15) is 9.18 Å². The Morgan fingerprint density at radius 2 is 2.11 bits per heavy atom. The average molecular weight is 332 g/mol. The van der Waals surface area contributed by atoms with Gasteiger partial charge in [-0.15, -0.1) is 0 Å². The molecule has 0 aliphatic carbocycles. The molecule has 1 aromatic rings. The van der Waals surface area contributed by atoms with Gasteiger partial charge in [0, 0.05) is 23.1 Å². The highest BCUT2D eigenvalue weighted by molar-refractivity contribution is 9.10. The van der Waals surface area contributed by atoms with E-state index in [0.29, 0.717) is 18.7 Å². The number of halogens is 2. The van der Waals surface area contributed by atoms with Gasteiger partial charge in [0.25, 0.3) is 0 Å². The molecule has 5 heteroatoms. The quantitative estimate of drug-likeness (QED) is 0.776. The lowest BCUT2D eigenvalue weighted by molar-refractivity contribution is -0.151. The summed E-state index contributed by atoms with van der Waals surface area (Å²) in [5.41, 5.74) is -0.0241. The summed E-state index contributed by atoms with van der Waals surface area (Å²) in [6.07, 6.45) is 0. The van der Waals surface area contributed by atoms with Gasteiger partial charge in [-0.2, -0.15) is 0 Å². The van der Waals surface area contributed by atoms with E-state index in [0.717, 1.165) is 4.47 Å². The van der Waals surface area contributed by atoms with Crippen LogP contribution in [0.15, 0.2) is 22.7 Å². The second-order valence-electron chi connectivity index (χ2n) is 5.28. The van der Waals surface area contributed by atoms with Gasteiger partial charge in [0.15, 0.2) is 0 Å². The zero-order valence-electron chi connectivity index (χ0n) is 11.7. The number of benzene rings is 1. The Hall–Kier alpha value is -0.940. The highest BCUT2D eigenvalue weighted by Gasteiger charge is 2.30. The summed E-state index contributed by atoms with van der Waals surface area (Å²) in [5, 5.41) is 0. The van der Waals surface area contributed by atoms with Gasteiger partial charge in [-0.1, -0.05) is 15.9 Å². The number of rotatable bonds is 5. The van der Waals surface area contributed by atoms with Crippen LogP contribution in [0.1, 0.15) is 19.4 Å². The molecular weight excluding hydrogens is 313 g/mol. The van der Waals surface area contributed by atoms with Gasteiger partial charge < -0.3 is 9.64 Å². The van der Waals surface area contributed by atoms with Crippen LogP contribution in [0.4, 0.5) is 4.39 Å². The standard InChI is InChI=1S/C14H19BrFNO2/c1-14(2,13(18)19-4)9-17(3)8-10-7-11(15)5-6-12(10)16/h5-7H,8-9H2,1-4H3.